The van der Waals surface area contributed by atoms with Crippen LogP contribution in [0.15, 0.2) is 34.0 Å². The van der Waals surface area contributed by atoms with Crippen LogP contribution >= 0.6 is 23.1 Å². The highest BCUT2D eigenvalue weighted by Gasteiger charge is 2.28. The van der Waals surface area contributed by atoms with E-state index in [0.717, 1.165) is 18.3 Å². The standard InChI is InChI=1S/C14H9N3S2/c15-6-9-1-2-13-10(5-9)11(7-18-13)12-8-19-14-16-3-4-17(12)14/h1-2,5,7-8H,3-4H2. The van der Waals surface area contributed by atoms with Crippen molar-refractivity contribution in [2.75, 3.05) is 13.1 Å². The van der Waals surface area contributed by atoms with Crippen molar-refractivity contribution in [1.82, 2.24) is 4.90 Å². The molecule has 0 radical (unpaired) electrons. The highest BCUT2D eigenvalue weighted by Crippen LogP contribution is 2.40. The number of thioether (sulfide) groups is 1. The van der Waals surface area contributed by atoms with E-state index < -0.39 is 0 Å². The van der Waals surface area contributed by atoms with Crippen LogP contribution in [0.5, 0.6) is 0 Å². The lowest BCUT2D eigenvalue weighted by molar-refractivity contribution is 0.651. The first-order valence-corrected chi connectivity index (χ1v) is 7.73. The van der Waals surface area contributed by atoms with Crippen molar-refractivity contribution in [3.05, 3.63) is 40.1 Å². The Morgan fingerprint density at radius 2 is 2.32 bits per heavy atom. The van der Waals surface area contributed by atoms with Crippen LogP contribution in [0.3, 0.4) is 0 Å². The molecule has 0 N–H and O–H groups in total. The predicted molar refractivity (Wildman–Crippen MR) is 81.1 cm³/mol. The lowest BCUT2D eigenvalue weighted by Gasteiger charge is -2.15. The van der Waals surface area contributed by atoms with Crippen molar-refractivity contribution < 1.29 is 0 Å². The molecule has 0 spiro atoms. The molecule has 4 rings (SSSR count). The molecule has 2 aromatic rings. The van der Waals surface area contributed by atoms with Gasteiger partial charge in [-0.2, -0.15) is 5.26 Å². The van der Waals surface area contributed by atoms with Gasteiger partial charge >= 0.3 is 0 Å². The second-order valence-corrected chi connectivity index (χ2v) is 6.16. The summed E-state index contributed by atoms with van der Waals surface area (Å²) < 4.78 is 1.23. The molecule has 0 saturated carbocycles. The first-order chi connectivity index (χ1) is 9.36. The Hall–Kier alpha value is -1.77. The summed E-state index contributed by atoms with van der Waals surface area (Å²) in [5.41, 5.74) is 3.16. The third kappa shape index (κ3) is 1.61. The molecule has 1 aromatic carbocycles. The number of aliphatic imine (C=N–C) groups is 1. The van der Waals surface area contributed by atoms with E-state index in [0.29, 0.717) is 5.56 Å². The van der Waals surface area contributed by atoms with Gasteiger partial charge in [0.25, 0.3) is 0 Å². The molecule has 1 aromatic heterocycles. The van der Waals surface area contributed by atoms with Gasteiger partial charge in [0.2, 0.25) is 0 Å². The zero-order chi connectivity index (χ0) is 12.8. The Labute approximate surface area is 118 Å². The normalized spacial score (nSPS) is 17.3. The van der Waals surface area contributed by atoms with E-state index in [9.17, 15) is 0 Å². The summed E-state index contributed by atoms with van der Waals surface area (Å²) in [5, 5.41) is 15.7. The van der Waals surface area contributed by atoms with Gasteiger partial charge in [0.1, 0.15) is 0 Å². The number of nitrogens with zero attached hydrogens (tertiary/aromatic N) is 3. The van der Waals surface area contributed by atoms with E-state index in [1.807, 2.05) is 18.2 Å². The largest absolute Gasteiger partial charge is 0.318 e. The van der Waals surface area contributed by atoms with Gasteiger partial charge in [0.05, 0.1) is 23.9 Å². The number of hydrogen-bond donors (Lipinski definition) is 0. The van der Waals surface area contributed by atoms with E-state index in [2.05, 4.69) is 26.7 Å². The van der Waals surface area contributed by atoms with Crippen molar-refractivity contribution in [2.24, 2.45) is 4.99 Å². The molecular formula is C14H9N3S2. The summed E-state index contributed by atoms with van der Waals surface area (Å²) in [4.78, 5) is 6.75. The van der Waals surface area contributed by atoms with Crippen molar-refractivity contribution in [1.29, 1.82) is 5.26 Å². The summed E-state index contributed by atoms with van der Waals surface area (Å²) >= 11 is 3.42. The van der Waals surface area contributed by atoms with Crippen LogP contribution in [0.2, 0.25) is 0 Å². The van der Waals surface area contributed by atoms with E-state index in [1.54, 1.807) is 23.1 Å². The third-order valence-corrected chi connectivity index (χ3v) is 5.21. The monoisotopic (exact) mass is 283 g/mol. The smallest absolute Gasteiger partial charge is 0.168 e. The van der Waals surface area contributed by atoms with Gasteiger partial charge in [-0.15, -0.1) is 11.3 Å². The summed E-state index contributed by atoms with van der Waals surface area (Å²) in [7, 11) is 0. The summed E-state index contributed by atoms with van der Waals surface area (Å²) in [6, 6.07) is 8.11. The fourth-order valence-electron chi connectivity index (χ4n) is 2.43. The quantitative estimate of drug-likeness (QED) is 0.804. The summed E-state index contributed by atoms with van der Waals surface area (Å²) in [5.74, 6) is 0. The summed E-state index contributed by atoms with van der Waals surface area (Å²) in [6.45, 7) is 1.84. The van der Waals surface area contributed by atoms with Gasteiger partial charge < -0.3 is 4.90 Å². The molecule has 0 bridgehead atoms. The minimum Gasteiger partial charge on any atom is -0.318 e. The molecular weight excluding hydrogens is 274 g/mol. The molecule has 3 heterocycles. The number of thiophene rings is 1. The third-order valence-electron chi connectivity index (χ3n) is 3.35. The van der Waals surface area contributed by atoms with Crippen LogP contribution in [0.1, 0.15) is 11.1 Å². The second-order valence-electron chi connectivity index (χ2n) is 4.41. The fourth-order valence-corrected chi connectivity index (χ4v) is 4.32. The van der Waals surface area contributed by atoms with Crippen LogP contribution in [0, 0.1) is 11.3 Å². The van der Waals surface area contributed by atoms with Crippen LogP contribution in [0.25, 0.3) is 15.8 Å². The average Bonchev–Trinajstić information content (AvgIpc) is 3.12. The molecule has 3 nitrogen and oxygen atoms in total. The average molecular weight is 283 g/mol. The van der Waals surface area contributed by atoms with Crippen molar-refractivity contribution in [3.8, 4) is 6.07 Å². The topological polar surface area (TPSA) is 39.4 Å². The number of benzene rings is 1. The molecule has 0 atom stereocenters. The Morgan fingerprint density at radius 1 is 1.37 bits per heavy atom. The predicted octanol–water partition coefficient (Wildman–Crippen LogP) is 3.49. The van der Waals surface area contributed by atoms with Gasteiger partial charge in [0.15, 0.2) is 5.17 Å². The van der Waals surface area contributed by atoms with Gasteiger partial charge in [-0.25, -0.2) is 0 Å². The van der Waals surface area contributed by atoms with Crippen LogP contribution in [-0.4, -0.2) is 23.2 Å². The van der Waals surface area contributed by atoms with Gasteiger partial charge in [-0.1, -0.05) is 11.8 Å². The number of fused-ring (bicyclic) bond motifs is 2. The Kier molecular flexibility index (Phi) is 2.40. The SMILES string of the molecule is N#Cc1ccc2scc(C3=CSC4=NCCN34)c2c1. The van der Waals surface area contributed by atoms with Gasteiger partial charge in [-0.05, 0) is 18.2 Å². The van der Waals surface area contributed by atoms with Crippen LogP contribution in [-0.2, 0) is 0 Å². The number of hydrogen-bond acceptors (Lipinski definition) is 5. The van der Waals surface area contributed by atoms with Crippen molar-refractivity contribution in [3.63, 3.8) is 0 Å². The lowest BCUT2D eigenvalue weighted by atomic mass is 10.1. The molecule has 2 aliphatic heterocycles. The molecule has 19 heavy (non-hydrogen) atoms. The van der Waals surface area contributed by atoms with Crippen LogP contribution < -0.4 is 0 Å². The number of rotatable bonds is 1. The summed E-state index contributed by atoms with van der Waals surface area (Å²) in [6.07, 6.45) is 0. The zero-order valence-corrected chi connectivity index (χ0v) is 11.6. The maximum atomic E-state index is 9.05. The van der Waals surface area contributed by atoms with Crippen molar-refractivity contribution in [2.45, 2.75) is 0 Å². The highest BCUT2D eigenvalue weighted by atomic mass is 32.2. The minimum atomic E-state index is 0.716. The van der Waals surface area contributed by atoms with E-state index >= 15 is 0 Å². The first kappa shape index (κ1) is 11.1. The molecule has 0 aliphatic carbocycles. The highest BCUT2D eigenvalue weighted by molar-refractivity contribution is 8.16. The maximum absolute atomic E-state index is 9.05. The number of amidine groups is 1. The van der Waals surface area contributed by atoms with E-state index in [4.69, 9.17) is 5.26 Å². The fraction of sp³-hybridized carbons (Fsp3) is 0.143. The van der Waals surface area contributed by atoms with E-state index in [1.165, 1.54) is 21.3 Å². The molecule has 0 amide bonds. The second kappa shape index (κ2) is 4.12. The lowest BCUT2D eigenvalue weighted by Crippen LogP contribution is -2.19. The first-order valence-electron chi connectivity index (χ1n) is 5.97. The van der Waals surface area contributed by atoms with Gasteiger partial charge in [0, 0.05) is 33.0 Å². The zero-order valence-electron chi connectivity index (χ0n) is 9.96. The molecule has 0 unspecified atom stereocenters. The molecule has 0 saturated heterocycles. The molecule has 2 aliphatic rings. The molecule has 5 heteroatoms. The van der Waals surface area contributed by atoms with Gasteiger partial charge in [-0.3, -0.25) is 4.99 Å². The van der Waals surface area contributed by atoms with Crippen molar-refractivity contribution >= 4 is 44.0 Å². The maximum Gasteiger partial charge on any atom is 0.168 e. The minimum absolute atomic E-state index is 0.716. The Bertz CT molecular complexity index is 780. The van der Waals surface area contributed by atoms with E-state index in [-0.39, 0.29) is 0 Å². The number of nitriles is 1. The Morgan fingerprint density at radius 3 is 3.21 bits per heavy atom. The molecule has 0 fully saturated rings. The molecule has 92 valence electrons. The Balaban J connectivity index is 1.88. The van der Waals surface area contributed by atoms with Crippen LogP contribution in [0.4, 0.5) is 0 Å².